The molecule has 1 aromatic rings. The quantitative estimate of drug-likeness (QED) is 0.239. The molecule has 0 unspecified atom stereocenters. The molecule has 0 spiro atoms. The third-order valence-corrected chi connectivity index (χ3v) is 3.77. The zero-order valence-electron chi connectivity index (χ0n) is 10.1. The minimum atomic E-state index is -4.45. The van der Waals surface area contributed by atoms with E-state index in [-0.39, 0.29) is 37.4 Å². The van der Waals surface area contributed by atoms with Crippen LogP contribution in [-0.4, -0.2) is 26.0 Å². The van der Waals surface area contributed by atoms with Crippen molar-refractivity contribution in [1.29, 1.82) is 0 Å². The molecule has 1 rings (SSSR count). The number of oxime groups is 1. The van der Waals surface area contributed by atoms with Crippen molar-refractivity contribution in [2.45, 2.75) is 17.7 Å². The van der Waals surface area contributed by atoms with Crippen molar-refractivity contribution in [2.24, 2.45) is 10.9 Å². The fraction of sp³-hybridized carbons (Fsp3) is 0.300. The van der Waals surface area contributed by atoms with Crippen LogP contribution in [0.25, 0.3) is 0 Å². The molecule has 6 nitrogen and oxygen atoms in total. The summed E-state index contributed by atoms with van der Waals surface area (Å²) in [6.07, 6.45) is 0.243. The molecule has 10 heteroatoms. The van der Waals surface area contributed by atoms with Crippen LogP contribution in [0.2, 0.25) is 0 Å². The van der Waals surface area contributed by atoms with Crippen molar-refractivity contribution in [3.8, 4) is 0 Å². The van der Waals surface area contributed by atoms with Crippen LogP contribution in [0.3, 0.4) is 0 Å². The van der Waals surface area contributed by atoms with Crippen LogP contribution in [0.4, 0.5) is 13.2 Å². The lowest BCUT2D eigenvalue weighted by atomic mass is 10.3. The van der Waals surface area contributed by atoms with E-state index in [0.29, 0.717) is 0 Å². The lowest BCUT2D eigenvalue weighted by molar-refractivity contribution is 0.316. The fourth-order valence-corrected chi connectivity index (χ4v) is 2.57. The molecule has 1 aromatic carbocycles. The number of nitrogens with one attached hydrogen (secondary N) is 1. The standard InChI is InChI=1S/C10H12F3N3O3S/c11-6-4-7(12)10(8(13)5-6)20(18,19)15-3-1-2-9(14)16-17/h4-5,15,17H,1-3H2,(H2,14,16). The van der Waals surface area contributed by atoms with Gasteiger partial charge in [-0.05, 0) is 6.42 Å². The molecule has 0 atom stereocenters. The molecule has 0 amide bonds. The molecule has 0 saturated carbocycles. The Hall–Kier alpha value is -1.81. The van der Waals surface area contributed by atoms with Gasteiger partial charge in [-0.25, -0.2) is 26.3 Å². The normalized spacial score (nSPS) is 12.7. The molecular formula is C10H12F3N3O3S. The molecule has 112 valence electrons. The van der Waals surface area contributed by atoms with E-state index in [1.807, 2.05) is 4.72 Å². The van der Waals surface area contributed by atoms with Crippen molar-refractivity contribution in [3.05, 3.63) is 29.6 Å². The third kappa shape index (κ3) is 4.10. The van der Waals surface area contributed by atoms with Crippen molar-refractivity contribution in [2.75, 3.05) is 6.54 Å². The van der Waals surface area contributed by atoms with Crippen LogP contribution in [0, 0.1) is 17.5 Å². The first-order valence-corrected chi connectivity index (χ1v) is 6.87. The highest BCUT2D eigenvalue weighted by Crippen LogP contribution is 2.19. The van der Waals surface area contributed by atoms with Gasteiger partial charge in [-0.15, -0.1) is 0 Å². The molecule has 0 aromatic heterocycles. The monoisotopic (exact) mass is 311 g/mol. The second-order valence-corrected chi connectivity index (χ2v) is 5.50. The van der Waals surface area contributed by atoms with Gasteiger partial charge >= 0.3 is 0 Å². The average molecular weight is 311 g/mol. The Balaban J connectivity index is 2.80. The van der Waals surface area contributed by atoms with E-state index >= 15 is 0 Å². The number of sulfonamides is 1. The summed E-state index contributed by atoms with van der Waals surface area (Å²) in [5.41, 5.74) is 5.16. The summed E-state index contributed by atoms with van der Waals surface area (Å²) >= 11 is 0. The minimum Gasteiger partial charge on any atom is -0.409 e. The number of rotatable bonds is 6. The summed E-state index contributed by atoms with van der Waals surface area (Å²) in [5.74, 6) is -4.37. The maximum absolute atomic E-state index is 13.3. The van der Waals surface area contributed by atoms with E-state index in [2.05, 4.69) is 5.16 Å². The van der Waals surface area contributed by atoms with E-state index in [9.17, 15) is 21.6 Å². The Morgan fingerprint density at radius 2 is 1.85 bits per heavy atom. The topological polar surface area (TPSA) is 105 Å². The number of hydrogen-bond acceptors (Lipinski definition) is 4. The van der Waals surface area contributed by atoms with E-state index in [4.69, 9.17) is 10.9 Å². The van der Waals surface area contributed by atoms with Crippen LogP contribution in [0.15, 0.2) is 22.2 Å². The zero-order valence-corrected chi connectivity index (χ0v) is 10.9. The van der Waals surface area contributed by atoms with Crippen LogP contribution in [0.5, 0.6) is 0 Å². The van der Waals surface area contributed by atoms with Crippen molar-refractivity contribution < 1.29 is 26.8 Å². The molecule has 0 radical (unpaired) electrons. The Bertz CT molecular complexity index is 596. The molecule has 20 heavy (non-hydrogen) atoms. The van der Waals surface area contributed by atoms with E-state index < -0.39 is 32.4 Å². The Kier molecular flexibility index (Phi) is 5.34. The van der Waals surface area contributed by atoms with Gasteiger partial charge in [0, 0.05) is 25.1 Å². The predicted octanol–water partition coefficient (Wildman–Crippen LogP) is 0.909. The smallest absolute Gasteiger partial charge is 0.246 e. The fourth-order valence-electron chi connectivity index (χ4n) is 1.38. The van der Waals surface area contributed by atoms with Gasteiger partial charge in [0.2, 0.25) is 10.0 Å². The van der Waals surface area contributed by atoms with Gasteiger partial charge in [-0.1, -0.05) is 5.16 Å². The van der Waals surface area contributed by atoms with Gasteiger partial charge in [0.05, 0.1) is 0 Å². The average Bonchev–Trinajstić information content (AvgIpc) is 2.32. The predicted molar refractivity (Wildman–Crippen MR) is 64.1 cm³/mol. The Morgan fingerprint density at radius 3 is 2.35 bits per heavy atom. The highest BCUT2D eigenvalue weighted by atomic mass is 32.2. The second kappa shape index (κ2) is 6.57. The first-order chi connectivity index (χ1) is 9.27. The summed E-state index contributed by atoms with van der Waals surface area (Å²) in [5, 5.41) is 10.9. The molecule has 0 saturated heterocycles. The number of amidine groups is 1. The number of nitrogens with zero attached hydrogens (tertiary/aromatic N) is 1. The van der Waals surface area contributed by atoms with Gasteiger partial charge in [-0.3, -0.25) is 0 Å². The SMILES string of the molecule is NC(CCCNS(=O)(=O)c1c(F)cc(F)cc1F)=NO. The number of benzene rings is 1. The van der Waals surface area contributed by atoms with Gasteiger partial charge in [-0.2, -0.15) is 0 Å². The molecule has 4 N–H and O–H groups in total. The number of halogens is 3. The zero-order chi connectivity index (χ0) is 15.3. The van der Waals surface area contributed by atoms with E-state index in [1.165, 1.54) is 0 Å². The number of nitrogens with two attached hydrogens (primary N) is 1. The van der Waals surface area contributed by atoms with Crippen molar-refractivity contribution in [3.63, 3.8) is 0 Å². The Labute approximate surface area is 113 Å². The molecule has 0 aliphatic heterocycles. The molecule has 0 fully saturated rings. The van der Waals surface area contributed by atoms with Gasteiger partial charge in [0.1, 0.15) is 23.3 Å². The first kappa shape index (κ1) is 16.2. The van der Waals surface area contributed by atoms with E-state index in [0.717, 1.165) is 0 Å². The van der Waals surface area contributed by atoms with Crippen molar-refractivity contribution in [1.82, 2.24) is 4.72 Å². The summed E-state index contributed by atoms with van der Waals surface area (Å²) in [6.45, 7) is -0.186. The summed E-state index contributed by atoms with van der Waals surface area (Å²) in [7, 11) is -4.45. The number of hydrogen-bond donors (Lipinski definition) is 3. The molecule has 0 bridgehead atoms. The molecule has 0 aliphatic rings. The van der Waals surface area contributed by atoms with Gasteiger partial charge in [0.25, 0.3) is 0 Å². The highest BCUT2D eigenvalue weighted by molar-refractivity contribution is 7.89. The maximum Gasteiger partial charge on any atom is 0.246 e. The van der Waals surface area contributed by atoms with Crippen LogP contribution >= 0.6 is 0 Å². The summed E-state index contributed by atoms with van der Waals surface area (Å²) < 4.78 is 64.6. The summed E-state index contributed by atoms with van der Waals surface area (Å²) in [4.78, 5) is -1.25. The Morgan fingerprint density at radius 1 is 1.30 bits per heavy atom. The molecule has 0 heterocycles. The minimum absolute atomic E-state index is 0.0907. The third-order valence-electron chi connectivity index (χ3n) is 2.26. The molecular weight excluding hydrogens is 299 g/mol. The summed E-state index contributed by atoms with van der Waals surface area (Å²) in [6, 6.07) is 0.544. The highest BCUT2D eigenvalue weighted by Gasteiger charge is 2.24. The lowest BCUT2D eigenvalue weighted by Gasteiger charge is -2.08. The largest absolute Gasteiger partial charge is 0.409 e. The lowest BCUT2D eigenvalue weighted by Crippen LogP contribution is -2.27. The van der Waals surface area contributed by atoms with E-state index in [1.54, 1.807) is 0 Å². The van der Waals surface area contributed by atoms with Crippen molar-refractivity contribution >= 4 is 15.9 Å². The van der Waals surface area contributed by atoms with Crippen LogP contribution in [-0.2, 0) is 10.0 Å². The first-order valence-electron chi connectivity index (χ1n) is 5.38. The van der Waals surface area contributed by atoms with Crippen LogP contribution in [0.1, 0.15) is 12.8 Å². The van der Waals surface area contributed by atoms with Crippen LogP contribution < -0.4 is 10.5 Å². The van der Waals surface area contributed by atoms with Gasteiger partial charge in [0.15, 0.2) is 4.90 Å². The maximum atomic E-state index is 13.3. The molecule has 0 aliphatic carbocycles. The van der Waals surface area contributed by atoms with Gasteiger partial charge < -0.3 is 10.9 Å². The second-order valence-electron chi connectivity index (χ2n) is 3.79.